The van der Waals surface area contributed by atoms with Crippen LogP contribution in [0.5, 0.6) is 0 Å². The Morgan fingerprint density at radius 1 is 1.00 bits per heavy atom. The van der Waals surface area contributed by atoms with Crippen molar-refractivity contribution in [1.29, 1.82) is 0 Å². The number of pyridine rings is 1. The monoisotopic (exact) mass is 225 g/mol. The van der Waals surface area contributed by atoms with E-state index < -0.39 is 0 Å². The van der Waals surface area contributed by atoms with Crippen LogP contribution in [0.15, 0.2) is 53.8 Å². The first-order chi connectivity index (χ1) is 8.25. The lowest BCUT2D eigenvalue weighted by molar-refractivity contribution is 1.13. The summed E-state index contributed by atoms with van der Waals surface area (Å²) in [5.41, 5.74) is 3.19. The standard InChI is InChI=1S/C14H15N3/c1-17(2)14-5-3-12(4-6-14)11-16-13-7-9-15-10-8-13/h3-11H,1-2H3. The molecular formula is C14H15N3. The lowest BCUT2D eigenvalue weighted by Gasteiger charge is -2.11. The van der Waals surface area contributed by atoms with Crippen LogP contribution >= 0.6 is 0 Å². The van der Waals surface area contributed by atoms with Gasteiger partial charge in [0.2, 0.25) is 0 Å². The van der Waals surface area contributed by atoms with Crippen molar-refractivity contribution in [2.24, 2.45) is 4.99 Å². The zero-order chi connectivity index (χ0) is 12.1. The molecule has 2 aromatic rings. The van der Waals surface area contributed by atoms with E-state index >= 15 is 0 Å². The van der Waals surface area contributed by atoms with Gasteiger partial charge in [-0.3, -0.25) is 9.98 Å². The van der Waals surface area contributed by atoms with E-state index in [0.717, 1.165) is 11.3 Å². The second-order valence-corrected chi connectivity index (χ2v) is 3.95. The van der Waals surface area contributed by atoms with Gasteiger partial charge in [-0.2, -0.15) is 0 Å². The van der Waals surface area contributed by atoms with Crippen molar-refractivity contribution in [3.8, 4) is 0 Å². The number of benzene rings is 1. The maximum atomic E-state index is 4.37. The first-order valence-electron chi connectivity index (χ1n) is 5.47. The van der Waals surface area contributed by atoms with Crippen molar-refractivity contribution in [3.05, 3.63) is 54.4 Å². The molecule has 3 heteroatoms. The molecule has 0 fully saturated rings. The van der Waals surface area contributed by atoms with Crippen molar-refractivity contribution >= 4 is 17.6 Å². The molecule has 0 aliphatic rings. The summed E-state index contributed by atoms with van der Waals surface area (Å²) in [5.74, 6) is 0. The second-order valence-electron chi connectivity index (χ2n) is 3.95. The Bertz CT molecular complexity index is 487. The molecule has 0 N–H and O–H groups in total. The highest BCUT2D eigenvalue weighted by Crippen LogP contribution is 2.12. The Morgan fingerprint density at radius 2 is 1.65 bits per heavy atom. The summed E-state index contributed by atoms with van der Waals surface area (Å²) >= 11 is 0. The van der Waals surface area contributed by atoms with Crippen LogP contribution in [0.4, 0.5) is 11.4 Å². The number of hydrogen-bond donors (Lipinski definition) is 0. The van der Waals surface area contributed by atoms with Crippen molar-refractivity contribution in [3.63, 3.8) is 0 Å². The van der Waals surface area contributed by atoms with E-state index in [0.29, 0.717) is 0 Å². The molecule has 0 saturated carbocycles. The number of hydrogen-bond acceptors (Lipinski definition) is 3. The highest BCUT2D eigenvalue weighted by molar-refractivity contribution is 5.82. The Balaban J connectivity index is 2.12. The van der Waals surface area contributed by atoms with Gasteiger partial charge in [-0.25, -0.2) is 0 Å². The molecule has 1 heterocycles. The summed E-state index contributed by atoms with van der Waals surface area (Å²) in [6.45, 7) is 0. The van der Waals surface area contributed by atoms with Crippen LogP contribution in [0.1, 0.15) is 5.56 Å². The number of rotatable bonds is 3. The fraction of sp³-hybridized carbons (Fsp3) is 0.143. The van der Waals surface area contributed by atoms with Gasteiger partial charge >= 0.3 is 0 Å². The predicted molar refractivity (Wildman–Crippen MR) is 72.3 cm³/mol. The Labute approximate surface area is 101 Å². The van der Waals surface area contributed by atoms with Crippen LogP contribution in [-0.2, 0) is 0 Å². The highest BCUT2D eigenvalue weighted by Gasteiger charge is 1.93. The van der Waals surface area contributed by atoms with Crippen LogP contribution in [-0.4, -0.2) is 25.3 Å². The average Bonchev–Trinajstić information content (AvgIpc) is 2.38. The molecule has 0 aliphatic carbocycles. The molecule has 0 saturated heterocycles. The summed E-state index contributed by atoms with van der Waals surface area (Å²) in [4.78, 5) is 10.4. The van der Waals surface area contributed by atoms with Crippen LogP contribution in [0, 0.1) is 0 Å². The summed E-state index contributed by atoms with van der Waals surface area (Å²) in [5, 5.41) is 0. The molecular weight excluding hydrogens is 210 g/mol. The van der Waals surface area contributed by atoms with E-state index in [4.69, 9.17) is 0 Å². The zero-order valence-corrected chi connectivity index (χ0v) is 10.0. The van der Waals surface area contributed by atoms with Gasteiger partial charge in [-0.15, -0.1) is 0 Å². The molecule has 3 nitrogen and oxygen atoms in total. The van der Waals surface area contributed by atoms with Gasteiger partial charge in [0, 0.05) is 38.4 Å². The number of nitrogens with zero attached hydrogens (tertiary/aromatic N) is 3. The van der Waals surface area contributed by atoms with E-state index in [1.54, 1.807) is 12.4 Å². The third-order valence-corrected chi connectivity index (χ3v) is 2.43. The number of aliphatic imine (C=N–C) groups is 1. The molecule has 2 rings (SSSR count). The summed E-state index contributed by atoms with van der Waals surface area (Å²) in [6.07, 6.45) is 5.33. The third-order valence-electron chi connectivity index (χ3n) is 2.43. The zero-order valence-electron chi connectivity index (χ0n) is 10.0. The third kappa shape index (κ3) is 3.14. The Kier molecular flexibility index (Phi) is 3.50. The van der Waals surface area contributed by atoms with Gasteiger partial charge < -0.3 is 4.90 Å². The molecule has 86 valence electrons. The molecule has 0 radical (unpaired) electrons. The quantitative estimate of drug-likeness (QED) is 0.751. The van der Waals surface area contributed by atoms with Crippen molar-refractivity contribution < 1.29 is 0 Å². The van der Waals surface area contributed by atoms with Gasteiger partial charge in [-0.05, 0) is 29.8 Å². The molecule has 0 spiro atoms. The minimum atomic E-state index is 0.914. The molecule has 0 atom stereocenters. The molecule has 1 aromatic heterocycles. The van der Waals surface area contributed by atoms with E-state index in [2.05, 4.69) is 39.1 Å². The lowest BCUT2D eigenvalue weighted by atomic mass is 10.2. The van der Waals surface area contributed by atoms with Crippen molar-refractivity contribution in [1.82, 2.24) is 4.98 Å². The maximum absolute atomic E-state index is 4.37. The summed E-state index contributed by atoms with van der Waals surface area (Å²) < 4.78 is 0. The fourth-order valence-electron chi connectivity index (χ4n) is 1.44. The average molecular weight is 225 g/mol. The summed E-state index contributed by atoms with van der Waals surface area (Å²) in [7, 11) is 4.06. The van der Waals surface area contributed by atoms with Gasteiger partial charge in [0.05, 0.1) is 5.69 Å². The van der Waals surface area contributed by atoms with Gasteiger partial charge in [-0.1, -0.05) is 12.1 Å². The minimum absolute atomic E-state index is 0.914. The van der Waals surface area contributed by atoms with Crippen molar-refractivity contribution in [2.45, 2.75) is 0 Å². The molecule has 1 aromatic carbocycles. The topological polar surface area (TPSA) is 28.5 Å². The fourth-order valence-corrected chi connectivity index (χ4v) is 1.44. The highest BCUT2D eigenvalue weighted by atomic mass is 15.1. The van der Waals surface area contributed by atoms with Crippen LogP contribution < -0.4 is 4.90 Å². The van der Waals surface area contributed by atoms with Crippen molar-refractivity contribution in [2.75, 3.05) is 19.0 Å². The van der Waals surface area contributed by atoms with E-state index in [9.17, 15) is 0 Å². The minimum Gasteiger partial charge on any atom is -0.378 e. The molecule has 0 bridgehead atoms. The Hall–Kier alpha value is -2.16. The normalized spacial score (nSPS) is 10.7. The van der Waals surface area contributed by atoms with Crippen LogP contribution in [0.25, 0.3) is 0 Å². The molecule has 17 heavy (non-hydrogen) atoms. The van der Waals surface area contributed by atoms with E-state index in [1.807, 2.05) is 32.4 Å². The SMILES string of the molecule is CN(C)c1ccc(C=Nc2ccncc2)cc1. The smallest absolute Gasteiger partial charge is 0.0660 e. The van der Waals surface area contributed by atoms with E-state index in [1.165, 1.54) is 5.69 Å². The van der Waals surface area contributed by atoms with Gasteiger partial charge in [0.25, 0.3) is 0 Å². The second kappa shape index (κ2) is 5.25. The summed E-state index contributed by atoms with van der Waals surface area (Å²) in [6, 6.07) is 12.0. The van der Waals surface area contributed by atoms with Gasteiger partial charge in [0.15, 0.2) is 0 Å². The largest absolute Gasteiger partial charge is 0.378 e. The van der Waals surface area contributed by atoms with Gasteiger partial charge in [0.1, 0.15) is 0 Å². The first-order valence-corrected chi connectivity index (χ1v) is 5.47. The molecule has 0 unspecified atom stereocenters. The molecule has 0 amide bonds. The first kappa shape index (κ1) is 11.3. The predicted octanol–water partition coefficient (Wildman–Crippen LogP) is 2.90. The van der Waals surface area contributed by atoms with E-state index in [-0.39, 0.29) is 0 Å². The van der Waals surface area contributed by atoms with Crippen LogP contribution in [0.3, 0.4) is 0 Å². The number of aromatic nitrogens is 1. The molecule has 0 aliphatic heterocycles. The lowest BCUT2D eigenvalue weighted by Crippen LogP contribution is -2.08. The number of anilines is 1. The Morgan fingerprint density at radius 3 is 2.24 bits per heavy atom. The maximum Gasteiger partial charge on any atom is 0.0660 e. The van der Waals surface area contributed by atoms with Crippen LogP contribution in [0.2, 0.25) is 0 Å².